The van der Waals surface area contributed by atoms with Crippen molar-refractivity contribution in [2.45, 2.75) is 44.8 Å². The van der Waals surface area contributed by atoms with Gasteiger partial charge in [0.25, 0.3) is 5.91 Å². The zero-order valence-corrected chi connectivity index (χ0v) is 14.2. The van der Waals surface area contributed by atoms with E-state index in [0.29, 0.717) is 12.2 Å². The Morgan fingerprint density at radius 3 is 2.87 bits per heavy atom. The highest BCUT2D eigenvalue weighted by Crippen LogP contribution is 2.24. The first-order valence-electron chi connectivity index (χ1n) is 8.72. The molecule has 3 rings (SSSR count). The average molecular weight is 317 g/mol. The van der Waals surface area contributed by atoms with Crippen molar-refractivity contribution < 1.29 is 9.53 Å². The molecule has 5 heteroatoms. The Kier molecular flexibility index (Phi) is 5.28. The molecule has 0 spiro atoms. The van der Waals surface area contributed by atoms with Crippen LogP contribution in [0.2, 0.25) is 0 Å². The molecule has 0 bridgehead atoms. The largest absolute Gasteiger partial charge is 0.380 e. The van der Waals surface area contributed by atoms with Gasteiger partial charge in [-0.3, -0.25) is 9.78 Å². The molecule has 126 valence electrons. The third-order valence-corrected chi connectivity index (χ3v) is 5.09. The lowest BCUT2D eigenvalue weighted by molar-refractivity contribution is 0.0664. The second kappa shape index (κ2) is 7.41. The highest BCUT2D eigenvalue weighted by molar-refractivity contribution is 5.93. The van der Waals surface area contributed by atoms with Crippen LogP contribution < -0.4 is 0 Å². The molecule has 2 atom stereocenters. The summed E-state index contributed by atoms with van der Waals surface area (Å²) in [6.45, 7) is 6.03. The molecule has 1 aromatic rings. The zero-order chi connectivity index (χ0) is 16.2. The number of pyridine rings is 1. The van der Waals surface area contributed by atoms with Gasteiger partial charge in [-0.25, -0.2) is 0 Å². The van der Waals surface area contributed by atoms with Crippen molar-refractivity contribution in [3.63, 3.8) is 0 Å². The van der Waals surface area contributed by atoms with Crippen molar-refractivity contribution in [2.75, 3.05) is 33.3 Å². The molecule has 0 aromatic carbocycles. The summed E-state index contributed by atoms with van der Waals surface area (Å²) >= 11 is 0. The molecule has 2 fully saturated rings. The van der Waals surface area contributed by atoms with Gasteiger partial charge in [0.2, 0.25) is 0 Å². The third-order valence-electron chi connectivity index (χ3n) is 5.09. The Bertz CT molecular complexity index is 543. The summed E-state index contributed by atoms with van der Waals surface area (Å²) in [4.78, 5) is 21.7. The summed E-state index contributed by atoms with van der Waals surface area (Å²) in [6.07, 6.45) is 6.27. The van der Waals surface area contributed by atoms with Gasteiger partial charge in [0.05, 0.1) is 6.10 Å². The molecule has 0 radical (unpaired) electrons. The molecule has 3 heterocycles. The third kappa shape index (κ3) is 3.72. The number of ether oxygens (including phenoxy) is 1. The van der Waals surface area contributed by atoms with Crippen molar-refractivity contribution in [1.29, 1.82) is 0 Å². The fraction of sp³-hybridized carbons (Fsp3) is 0.667. The lowest BCUT2D eigenvalue weighted by Gasteiger charge is -2.28. The van der Waals surface area contributed by atoms with E-state index in [-0.39, 0.29) is 18.1 Å². The van der Waals surface area contributed by atoms with E-state index in [1.54, 1.807) is 13.3 Å². The normalized spacial score (nSPS) is 25.2. The first-order chi connectivity index (χ1) is 11.2. The molecule has 1 aromatic heterocycles. The Morgan fingerprint density at radius 1 is 1.39 bits per heavy atom. The number of rotatable bonds is 5. The van der Waals surface area contributed by atoms with Crippen LogP contribution in [-0.2, 0) is 11.2 Å². The summed E-state index contributed by atoms with van der Waals surface area (Å²) in [5.41, 5.74) is 1.72. The van der Waals surface area contributed by atoms with E-state index in [2.05, 4.69) is 16.8 Å². The van der Waals surface area contributed by atoms with Gasteiger partial charge in [-0.15, -0.1) is 0 Å². The van der Waals surface area contributed by atoms with Crippen LogP contribution in [0.4, 0.5) is 0 Å². The summed E-state index contributed by atoms with van der Waals surface area (Å²) in [7, 11) is 1.74. The monoisotopic (exact) mass is 317 g/mol. The van der Waals surface area contributed by atoms with E-state index in [1.807, 2.05) is 17.0 Å². The number of likely N-dealkylation sites (tertiary alicyclic amines) is 2. The first kappa shape index (κ1) is 16.4. The molecule has 2 saturated heterocycles. The van der Waals surface area contributed by atoms with Crippen LogP contribution in [0.15, 0.2) is 18.3 Å². The van der Waals surface area contributed by atoms with Crippen molar-refractivity contribution in [3.05, 3.63) is 29.6 Å². The smallest absolute Gasteiger partial charge is 0.272 e. The number of carbonyl (C=O) groups excluding carboxylic acids is 1. The van der Waals surface area contributed by atoms with Gasteiger partial charge in [-0.2, -0.15) is 0 Å². The molecule has 5 nitrogen and oxygen atoms in total. The summed E-state index contributed by atoms with van der Waals surface area (Å²) in [6, 6.07) is 4.13. The molecule has 2 aliphatic heterocycles. The second-order valence-electron chi connectivity index (χ2n) is 6.62. The van der Waals surface area contributed by atoms with Crippen molar-refractivity contribution in [3.8, 4) is 0 Å². The van der Waals surface area contributed by atoms with Gasteiger partial charge < -0.3 is 14.5 Å². The van der Waals surface area contributed by atoms with Crippen molar-refractivity contribution >= 4 is 5.91 Å². The van der Waals surface area contributed by atoms with Crippen molar-refractivity contribution in [1.82, 2.24) is 14.8 Å². The molecule has 0 saturated carbocycles. The lowest BCUT2D eigenvalue weighted by atomic mass is 10.1. The highest BCUT2D eigenvalue weighted by atomic mass is 16.5. The number of aryl methyl sites for hydroxylation is 1. The summed E-state index contributed by atoms with van der Waals surface area (Å²) in [5, 5.41) is 0. The summed E-state index contributed by atoms with van der Waals surface area (Å²) in [5.74, 6) is 0.0454. The van der Waals surface area contributed by atoms with Gasteiger partial charge in [0.1, 0.15) is 5.69 Å². The topological polar surface area (TPSA) is 45.7 Å². The number of aromatic nitrogens is 1. The Labute approximate surface area is 138 Å². The van der Waals surface area contributed by atoms with Crippen LogP contribution in [0.3, 0.4) is 0 Å². The van der Waals surface area contributed by atoms with Gasteiger partial charge in [-0.1, -0.05) is 6.92 Å². The number of hydrogen-bond acceptors (Lipinski definition) is 4. The Balaban J connectivity index is 1.74. The molecule has 0 unspecified atom stereocenters. The van der Waals surface area contributed by atoms with Gasteiger partial charge in [0, 0.05) is 32.4 Å². The zero-order valence-electron chi connectivity index (χ0n) is 14.2. The second-order valence-corrected chi connectivity index (χ2v) is 6.62. The quantitative estimate of drug-likeness (QED) is 0.833. The molecule has 1 amide bonds. The van der Waals surface area contributed by atoms with E-state index in [4.69, 9.17) is 4.74 Å². The minimum absolute atomic E-state index is 0.0454. The van der Waals surface area contributed by atoms with Crippen LogP contribution in [0.25, 0.3) is 0 Å². The number of carbonyl (C=O) groups is 1. The fourth-order valence-electron chi connectivity index (χ4n) is 3.69. The predicted octanol–water partition coefficient (Wildman–Crippen LogP) is 1.97. The van der Waals surface area contributed by atoms with E-state index < -0.39 is 0 Å². The van der Waals surface area contributed by atoms with Gasteiger partial charge in [0.15, 0.2) is 0 Å². The van der Waals surface area contributed by atoms with Crippen LogP contribution >= 0.6 is 0 Å². The minimum Gasteiger partial charge on any atom is -0.380 e. The SMILES string of the molecule is CCc1ccnc(C(=O)N2C[C@@H](OC)C[C@H]2CN2CCCC2)c1. The number of amides is 1. The highest BCUT2D eigenvalue weighted by Gasteiger charge is 2.37. The maximum Gasteiger partial charge on any atom is 0.272 e. The maximum atomic E-state index is 13.0. The molecular formula is C18H27N3O2. The van der Waals surface area contributed by atoms with Crippen LogP contribution in [-0.4, -0.2) is 66.1 Å². The molecule has 0 aliphatic carbocycles. The van der Waals surface area contributed by atoms with Crippen LogP contribution in [0.5, 0.6) is 0 Å². The average Bonchev–Trinajstić information content (AvgIpc) is 3.24. The molecule has 0 N–H and O–H groups in total. The summed E-state index contributed by atoms with van der Waals surface area (Å²) < 4.78 is 5.53. The number of methoxy groups -OCH3 is 1. The van der Waals surface area contributed by atoms with E-state index in [0.717, 1.165) is 38.0 Å². The van der Waals surface area contributed by atoms with Crippen LogP contribution in [0, 0.1) is 0 Å². The van der Waals surface area contributed by atoms with E-state index >= 15 is 0 Å². The van der Waals surface area contributed by atoms with Crippen molar-refractivity contribution in [2.24, 2.45) is 0 Å². The maximum absolute atomic E-state index is 13.0. The van der Waals surface area contributed by atoms with E-state index in [9.17, 15) is 4.79 Å². The molecule has 2 aliphatic rings. The van der Waals surface area contributed by atoms with Gasteiger partial charge >= 0.3 is 0 Å². The molecular weight excluding hydrogens is 290 g/mol. The lowest BCUT2D eigenvalue weighted by Crippen LogP contribution is -2.43. The fourth-order valence-corrected chi connectivity index (χ4v) is 3.69. The number of hydrogen-bond donors (Lipinski definition) is 0. The van der Waals surface area contributed by atoms with E-state index in [1.165, 1.54) is 12.8 Å². The minimum atomic E-state index is 0.0454. The predicted molar refractivity (Wildman–Crippen MR) is 89.5 cm³/mol. The standard InChI is InChI=1S/C18H27N3O2/c1-3-14-6-7-19-17(10-14)18(22)21-13-16(23-2)11-15(21)12-20-8-4-5-9-20/h6-7,10,15-16H,3-5,8-9,11-13H2,1-2H3/t15-,16-/m0/s1. The number of nitrogens with zero attached hydrogens (tertiary/aromatic N) is 3. The van der Waals surface area contributed by atoms with Crippen LogP contribution in [0.1, 0.15) is 42.2 Å². The molecule has 23 heavy (non-hydrogen) atoms. The Hall–Kier alpha value is -1.46. The first-order valence-corrected chi connectivity index (χ1v) is 8.72. The van der Waals surface area contributed by atoms with Gasteiger partial charge in [-0.05, 0) is 56.5 Å². The Morgan fingerprint density at radius 2 is 2.17 bits per heavy atom.